The van der Waals surface area contributed by atoms with Crippen molar-refractivity contribution in [2.24, 2.45) is 0 Å². The van der Waals surface area contributed by atoms with E-state index in [4.69, 9.17) is 0 Å². The number of fused-ring (bicyclic) bond motifs is 1. The fourth-order valence-electron chi connectivity index (χ4n) is 1.49. The van der Waals surface area contributed by atoms with Crippen LogP contribution in [0, 0.1) is 6.92 Å². The number of nitrogens with one attached hydrogen (secondary N) is 1. The second-order valence-corrected chi connectivity index (χ2v) is 3.48. The summed E-state index contributed by atoms with van der Waals surface area (Å²) in [5.41, 5.74) is 3.43. The highest BCUT2D eigenvalue weighted by molar-refractivity contribution is 5.75. The molecule has 0 saturated heterocycles. The highest BCUT2D eigenvalue weighted by Crippen LogP contribution is 2.13. The standard InChI is InChI=1S/C12H14N2/c1-3-4-5-12-13-10-7-6-9(2)8-11(10)14-12/h3-4,6-8H,5H2,1-2H3,(H,13,14)/b4-3-. The van der Waals surface area contributed by atoms with Gasteiger partial charge in [0.25, 0.3) is 0 Å². The summed E-state index contributed by atoms with van der Waals surface area (Å²) in [6.07, 6.45) is 5.02. The molecule has 1 aromatic carbocycles. The van der Waals surface area contributed by atoms with E-state index < -0.39 is 0 Å². The molecule has 14 heavy (non-hydrogen) atoms. The minimum atomic E-state index is 0.879. The third kappa shape index (κ3) is 1.69. The van der Waals surface area contributed by atoms with E-state index in [-0.39, 0.29) is 0 Å². The second-order valence-electron chi connectivity index (χ2n) is 3.48. The van der Waals surface area contributed by atoms with E-state index in [0.717, 1.165) is 23.3 Å². The van der Waals surface area contributed by atoms with Crippen LogP contribution in [0.4, 0.5) is 0 Å². The maximum absolute atomic E-state index is 4.50. The van der Waals surface area contributed by atoms with E-state index in [1.165, 1.54) is 5.56 Å². The van der Waals surface area contributed by atoms with Gasteiger partial charge >= 0.3 is 0 Å². The zero-order chi connectivity index (χ0) is 9.97. The summed E-state index contributed by atoms with van der Waals surface area (Å²) in [6, 6.07) is 6.28. The molecule has 0 bridgehead atoms. The first-order valence-corrected chi connectivity index (χ1v) is 4.86. The Kier molecular flexibility index (Phi) is 2.35. The van der Waals surface area contributed by atoms with Gasteiger partial charge in [0, 0.05) is 6.42 Å². The average molecular weight is 186 g/mol. The maximum Gasteiger partial charge on any atom is 0.111 e. The van der Waals surface area contributed by atoms with Gasteiger partial charge in [-0.05, 0) is 31.5 Å². The van der Waals surface area contributed by atoms with Crippen molar-refractivity contribution in [1.82, 2.24) is 9.97 Å². The van der Waals surface area contributed by atoms with Gasteiger partial charge in [-0.15, -0.1) is 0 Å². The van der Waals surface area contributed by atoms with Gasteiger partial charge in [0.05, 0.1) is 11.0 Å². The number of imidazole rings is 1. The molecule has 2 heteroatoms. The number of rotatable bonds is 2. The second kappa shape index (κ2) is 3.66. The minimum absolute atomic E-state index is 0.879. The molecule has 72 valence electrons. The highest BCUT2D eigenvalue weighted by atomic mass is 14.9. The number of benzene rings is 1. The van der Waals surface area contributed by atoms with Crippen molar-refractivity contribution in [2.75, 3.05) is 0 Å². The number of aromatic amines is 1. The minimum Gasteiger partial charge on any atom is -0.342 e. The van der Waals surface area contributed by atoms with E-state index >= 15 is 0 Å². The summed E-state index contributed by atoms with van der Waals surface area (Å²) in [4.78, 5) is 7.80. The van der Waals surface area contributed by atoms with Crippen molar-refractivity contribution in [1.29, 1.82) is 0 Å². The van der Waals surface area contributed by atoms with Gasteiger partial charge in [0.1, 0.15) is 5.82 Å². The lowest BCUT2D eigenvalue weighted by Gasteiger charge is -1.89. The summed E-state index contributed by atoms with van der Waals surface area (Å²) in [5.74, 6) is 1.03. The van der Waals surface area contributed by atoms with Crippen LogP contribution in [0.15, 0.2) is 30.4 Å². The Bertz CT molecular complexity index is 466. The van der Waals surface area contributed by atoms with Crippen LogP contribution < -0.4 is 0 Å². The Morgan fingerprint density at radius 3 is 3.07 bits per heavy atom. The predicted molar refractivity (Wildman–Crippen MR) is 59.3 cm³/mol. The first-order chi connectivity index (χ1) is 6.79. The molecule has 1 N–H and O–H groups in total. The quantitative estimate of drug-likeness (QED) is 0.717. The first-order valence-electron chi connectivity index (χ1n) is 4.86. The Hall–Kier alpha value is -1.57. The molecule has 0 unspecified atom stereocenters. The molecule has 0 aliphatic heterocycles. The van der Waals surface area contributed by atoms with Gasteiger partial charge in [0.15, 0.2) is 0 Å². The molecule has 0 atom stereocenters. The highest BCUT2D eigenvalue weighted by Gasteiger charge is 2.00. The van der Waals surface area contributed by atoms with Crippen molar-refractivity contribution in [2.45, 2.75) is 20.3 Å². The number of nitrogens with zero attached hydrogens (tertiary/aromatic N) is 1. The molecule has 0 radical (unpaired) electrons. The summed E-state index contributed by atoms with van der Waals surface area (Å²) in [7, 11) is 0. The molecule has 2 rings (SSSR count). The number of H-pyrrole nitrogens is 1. The normalized spacial score (nSPS) is 11.6. The van der Waals surface area contributed by atoms with Crippen LogP contribution in [0.1, 0.15) is 18.3 Å². The molecule has 2 nitrogen and oxygen atoms in total. The van der Waals surface area contributed by atoms with Crippen LogP contribution in [-0.2, 0) is 6.42 Å². The van der Waals surface area contributed by atoms with Gasteiger partial charge in [-0.25, -0.2) is 4.98 Å². The molecule has 1 heterocycles. The molecule has 0 fully saturated rings. The first kappa shape index (κ1) is 9.00. The van der Waals surface area contributed by atoms with E-state index in [1.54, 1.807) is 0 Å². The lowest BCUT2D eigenvalue weighted by molar-refractivity contribution is 1.07. The predicted octanol–water partition coefficient (Wildman–Crippen LogP) is 2.99. The van der Waals surface area contributed by atoms with Crippen molar-refractivity contribution in [3.63, 3.8) is 0 Å². The summed E-state index contributed by atoms with van der Waals surface area (Å²) in [6.45, 7) is 4.10. The third-order valence-electron chi connectivity index (χ3n) is 2.23. The molecule has 0 spiro atoms. The largest absolute Gasteiger partial charge is 0.342 e. The lowest BCUT2D eigenvalue weighted by atomic mass is 10.2. The summed E-state index contributed by atoms with van der Waals surface area (Å²) in [5, 5.41) is 0. The van der Waals surface area contributed by atoms with Crippen molar-refractivity contribution in [3.05, 3.63) is 41.7 Å². The van der Waals surface area contributed by atoms with Gasteiger partial charge in [0.2, 0.25) is 0 Å². The van der Waals surface area contributed by atoms with E-state index in [0.29, 0.717) is 0 Å². The lowest BCUT2D eigenvalue weighted by Crippen LogP contribution is -1.82. The number of aryl methyl sites for hydroxylation is 1. The molecular weight excluding hydrogens is 172 g/mol. The van der Waals surface area contributed by atoms with Crippen LogP contribution in [0.25, 0.3) is 11.0 Å². The van der Waals surface area contributed by atoms with Crippen LogP contribution in [0.2, 0.25) is 0 Å². The van der Waals surface area contributed by atoms with E-state index in [2.05, 4.69) is 41.2 Å². The fraction of sp³-hybridized carbons (Fsp3) is 0.250. The van der Waals surface area contributed by atoms with E-state index in [9.17, 15) is 0 Å². The maximum atomic E-state index is 4.50. The van der Waals surface area contributed by atoms with Crippen molar-refractivity contribution >= 4 is 11.0 Å². The Morgan fingerprint density at radius 1 is 1.43 bits per heavy atom. The number of hydrogen-bond donors (Lipinski definition) is 1. The van der Waals surface area contributed by atoms with Crippen LogP contribution in [0.5, 0.6) is 0 Å². The van der Waals surface area contributed by atoms with Crippen molar-refractivity contribution < 1.29 is 0 Å². The van der Waals surface area contributed by atoms with Crippen LogP contribution in [0.3, 0.4) is 0 Å². The molecule has 2 aromatic rings. The van der Waals surface area contributed by atoms with Gasteiger partial charge < -0.3 is 4.98 Å². The van der Waals surface area contributed by atoms with Gasteiger partial charge in [-0.1, -0.05) is 18.2 Å². The zero-order valence-corrected chi connectivity index (χ0v) is 8.54. The number of allylic oxidation sites excluding steroid dienone is 2. The van der Waals surface area contributed by atoms with Crippen LogP contribution >= 0.6 is 0 Å². The third-order valence-corrected chi connectivity index (χ3v) is 2.23. The Balaban J connectivity index is 2.41. The summed E-state index contributed by atoms with van der Waals surface area (Å²) >= 11 is 0. The van der Waals surface area contributed by atoms with Crippen molar-refractivity contribution in [3.8, 4) is 0 Å². The number of hydrogen-bond acceptors (Lipinski definition) is 1. The molecule has 1 aromatic heterocycles. The molecule has 0 amide bonds. The SMILES string of the molecule is C/C=C\Cc1nc2cc(C)ccc2[nH]1. The topological polar surface area (TPSA) is 28.7 Å². The van der Waals surface area contributed by atoms with E-state index in [1.807, 2.05) is 13.0 Å². The summed E-state index contributed by atoms with van der Waals surface area (Å²) < 4.78 is 0. The smallest absolute Gasteiger partial charge is 0.111 e. The zero-order valence-electron chi connectivity index (χ0n) is 8.54. The van der Waals surface area contributed by atoms with Crippen LogP contribution in [-0.4, -0.2) is 9.97 Å². The number of aromatic nitrogens is 2. The molecule has 0 aliphatic carbocycles. The Labute approximate surface area is 83.7 Å². The molecular formula is C12H14N2. The molecule has 0 aliphatic rings. The average Bonchev–Trinajstić information content (AvgIpc) is 2.56. The van der Waals surface area contributed by atoms with Gasteiger partial charge in [-0.3, -0.25) is 0 Å². The Morgan fingerprint density at radius 2 is 2.29 bits per heavy atom. The molecule has 0 saturated carbocycles. The monoisotopic (exact) mass is 186 g/mol. The van der Waals surface area contributed by atoms with Gasteiger partial charge in [-0.2, -0.15) is 0 Å². The fourth-order valence-corrected chi connectivity index (χ4v) is 1.49.